The van der Waals surface area contributed by atoms with Gasteiger partial charge in [-0.1, -0.05) is 30.7 Å². The number of ether oxygens (including phenoxy) is 1. The van der Waals surface area contributed by atoms with Crippen LogP contribution in [0.1, 0.15) is 31.7 Å². The number of aliphatic carboxylic acids is 1. The van der Waals surface area contributed by atoms with E-state index in [0.717, 1.165) is 5.57 Å². The number of nitrogens with zero attached hydrogens (tertiary/aromatic N) is 1. The molecule has 0 bridgehead atoms. The lowest BCUT2D eigenvalue weighted by molar-refractivity contribution is -0.177. The summed E-state index contributed by atoms with van der Waals surface area (Å²) in [5, 5.41) is 9.30. The molecule has 2 rings (SSSR count). The molecule has 0 saturated carbocycles. The molecule has 1 aliphatic heterocycles. The maximum Gasteiger partial charge on any atom is 0.397 e. The number of benzene rings is 1. The highest BCUT2D eigenvalue weighted by Crippen LogP contribution is 2.28. The van der Waals surface area contributed by atoms with E-state index in [1.165, 1.54) is 25.1 Å². The van der Waals surface area contributed by atoms with E-state index in [1.807, 2.05) is 0 Å². The van der Waals surface area contributed by atoms with E-state index < -0.39 is 18.5 Å². The molecule has 1 aliphatic rings. The Balaban J connectivity index is 2.27. The molecule has 0 fully saturated rings. The number of carboxylic acid groups (broad SMARTS) is 1. The average Bonchev–Trinajstić information content (AvgIpc) is 2.51. The molecule has 0 saturated heterocycles. The topological polar surface area (TPSA) is 58.9 Å². The Hall–Kier alpha value is -2.21. The molecule has 24 heavy (non-hydrogen) atoms. The predicted molar refractivity (Wildman–Crippen MR) is 88.5 cm³/mol. The van der Waals surface area contributed by atoms with Gasteiger partial charge in [0.15, 0.2) is 0 Å². The van der Waals surface area contributed by atoms with Crippen LogP contribution in [0.4, 0.5) is 8.78 Å². The number of alkyl halides is 2. The van der Waals surface area contributed by atoms with E-state index in [0.29, 0.717) is 18.4 Å². The number of carbonyl (C=O) groups is 1. The van der Waals surface area contributed by atoms with Crippen molar-refractivity contribution in [3.63, 3.8) is 0 Å². The normalized spacial score (nSPS) is 22.1. The minimum absolute atomic E-state index is 0.0482. The van der Waals surface area contributed by atoms with Crippen molar-refractivity contribution < 1.29 is 23.4 Å². The Kier molecular flexibility index (Phi) is 5.72. The van der Waals surface area contributed by atoms with E-state index in [9.17, 15) is 18.7 Å². The second kappa shape index (κ2) is 7.57. The second-order valence-electron chi connectivity index (χ2n) is 5.15. The molecule has 0 atom stereocenters. The number of aliphatic imine (C=N–C) groups is 1. The third-order valence-corrected chi connectivity index (χ3v) is 3.63. The summed E-state index contributed by atoms with van der Waals surface area (Å²) in [5.74, 6) is -1.14. The molecule has 0 aromatic heterocycles. The molecule has 128 valence electrons. The molecule has 1 heterocycles. The van der Waals surface area contributed by atoms with Gasteiger partial charge in [-0.2, -0.15) is 8.78 Å². The summed E-state index contributed by atoms with van der Waals surface area (Å²) in [6.07, 6.45) is 0.573. The molecular weight excluding hydrogens is 340 g/mol. The van der Waals surface area contributed by atoms with Crippen LogP contribution in [-0.4, -0.2) is 22.9 Å². The summed E-state index contributed by atoms with van der Waals surface area (Å²) in [7, 11) is 0. The van der Waals surface area contributed by atoms with Gasteiger partial charge in [0, 0.05) is 6.42 Å². The highest BCUT2D eigenvalue weighted by molar-refractivity contribution is 6.43. The second-order valence-corrected chi connectivity index (χ2v) is 5.54. The van der Waals surface area contributed by atoms with Gasteiger partial charge >= 0.3 is 12.1 Å². The Morgan fingerprint density at radius 1 is 1.38 bits per heavy atom. The van der Waals surface area contributed by atoms with Gasteiger partial charge in [-0.05, 0) is 48.3 Å². The maximum atomic E-state index is 13.2. The summed E-state index contributed by atoms with van der Waals surface area (Å²) in [5.41, 5.74) is 1.26. The molecule has 0 radical (unpaired) electrons. The van der Waals surface area contributed by atoms with Crippen LogP contribution in [0.2, 0.25) is 0 Å². The lowest BCUT2D eigenvalue weighted by Crippen LogP contribution is -2.23. The van der Waals surface area contributed by atoms with E-state index in [4.69, 9.17) is 11.6 Å². The Morgan fingerprint density at radius 2 is 2.04 bits per heavy atom. The number of hydrogen-bond donors (Lipinski definition) is 1. The van der Waals surface area contributed by atoms with Crippen LogP contribution in [0.3, 0.4) is 0 Å². The minimum atomic E-state index is -3.22. The molecule has 1 N–H and O–H groups in total. The summed E-state index contributed by atoms with van der Waals surface area (Å²) < 4.78 is 31.1. The van der Waals surface area contributed by atoms with E-state index in [2.05, 4.69) is 9.73 Å². The van der Waals surface area contributed by atoms with Crippen molar-refractivity contribution in [1.29, 1.82) is 0 Å². The predicted octanol–water partition coefficient (Wildman–Crippen LogP) is 4.85. The van der Waals surface area contributed by atoms with Gasteiger partial charge in [0.05, 0.1) is 0 Å². The van der Waals surface area contributed by atoms with Crippen LogP contribution in [0, 0.1) is 0 Å². The molecule has 0 amide bonds. The van der Waals surface area contributed by atoms with E-state index in [1.54, 1.807) is 18.2 Å². The highest BCUT2D eigenvalue weighted by Gasteiger charge is 2.28. The SMILES string of the molecule is CCC(F)(F)Oc1ccc(/C2=C/C(C(=O)O)=N/C(Cl)=C\CC2)cc1. The zero-order chi connectivity index (χ0) is 17.7. The van der Waals surface area contributed by atoms with Crippen molar-refractivity contribution in [1.82, 2.24) is 0 Å². The van der Waals surface area contributed by atoms with Crippen molar-refractivity contribution in [3.05, 3.63) is 47.1 Å². The van der Waals surface area contributed by atoms with E-state index >= 15 is 0 Å². The molecular formula is C17H16ClF2NO3. The number of rotatable bonds is 5. The summed E-state index contributed by atoms with van der Waals surface area (Å²) >= 11 is 5.82. The van der Waals surface area contributed by atoms with Gasteiger partial charge in [-0.25, -0.2) is 9.79 Å². The van der Waals surface area contributed by atoms with Crippen molar-refractivity contribution in [2.45, 2.75) is 32.3 Å². The highest BCUT2D eigenvalue weighted by atomic mass is 35.5. The standard InChI is InChI=1S/C17H16ClF2NO3/c1-2-17(19,20)24-13-8-6-11(7-9-13)12-4-3-5-15(18)21-14(10-12)16(22)23/h5-10H,2-4H2,1H3,(H,22,23)/b12-10+,15-5-,21-14-. The van der Waals surface area contributed by atoms with Crippen LogP contribution < -0.4 is 4.74 Å². The van der Waals surface area contributed by atoms with Gasteiger partial charge in [0.1, 0.15) is 16.6 Å². The zero-order valence-corrected chi connectivity index (χ0v) is 13.7. The quantitative estimate of drug-likeness (QED) is 0.768. The summed E-state index contributed by atoms with van der Waals surface area (Å²) in [4.78, 5) is 15.1. The molecule has 0 unspecified atom stereocenters. The molecule has 1 aromatic rings. The lowest BCUT2D eigenvalue weighted by atomic mass is 9.98. The third-order valence-electron chi connectivity index (χ3n) is 3.39. The number of carboxylic acids is 1. The largest absolute Gasteiger partial charge is 0.477 e. The minimum Gasteiger partial charge on any atom is -0.477 e. The smallest absolute Gasteiger partial charge is 0.397 e. The van der Waals surface area contributed by atoms with Gasteiger partial charge < -0.3 is 9.84 Å². The molecule has 0 spiro atoms. The lowest BCUT2D eigenvalue weighted by Gasteiger charge is -2.16. The first kappa shape index (κ1) is 18.1. The molecule has 4 nitrogen and oxygen atoms in total. The van der Waals surface area contributed by atoms with Gasteiger partial charge in [-0.3, -0.25) is 0 Å². The van der Waals surface area contributed by atoms with Crippen LogP contribution in [0.25, 0.3) is 5.57 Å². The number of halogens is 3. The Bertz CT molecular complexity index is 709. The fourth-order valence-corrected chi connectivity index (χ4v) is 2.30. The van der Waals surface area contributed by atoms with Crippen LogP contribution in [0.5, 0.6) is 5.75 Å². The van der Waals surface area contributed by atoms with Crippen molar-refractivity contribution >= 4 is 28.9 Å². The van der Waals surface area contributed by atoms with Gasteiger partial charge in [0.2, 0.25) is 0 Å². The molecule has 1 aromatic carbocycles. The maximum absolute atomic E-state index is 13.2. The first-order valence-corrected chi connectivity index (χ1v) is 7.74. The Labute approximate surface area is 143 Å². The average molecular weight is 356 g/mol. The fourth-order valence-electron chi connectivity index (χ4n) is 2.10. The summed E-state index contributed by atoms with van der Waals surface area (Å²) in [6, 6.07) is 6.08. The number of hydrogen-bond acceptors (Lipinski definition) is 3. The fraction of sp³-hybridized carbons (Fsp3) is 0.294. The third kappa shape index (κ3) is 4.89. The molecule has 7 heteroatoms. The van der Waals surface area contributed by atoms with Crippen LogP contribution >= 0.6 is 11.6 Å². The van der Waals surface area contributed by atoms with Crippen molar-refractivity contribution in [2.75, 3.05) is 0 Å². The van der Waals surface area contributed by atoms with Crippen molar-refractivity contribution in [3.8, 4) is 5.75 Å². The monoisotopic (exact) mass is 355 g/mol. The zero-order valence-electron chi connectivity index (χ0n) is 12.9. The first-order chi connectivity index (χ1) is 11.3. The van der Waals surface area contributed by atoms with Gasteiger partial charge in [-0.15, -0.1) is 0 Å². The Morgan fingerprint density at radius 3 is 2.62 bits per heavy atom. The first-order valence-electron chi connectivity index (χ1n) is 7.36. The molecule has 0 aliphatic carbocycles. The van der Waals surface area contributed by atoms with Crippen LogP contribution in [-0.2, 0) is 4.79 Å². The van der Waals surface area contributed by atoms with Crippen LogP contribution in [0.15, 0.2) is 46.6 Å². The van der Waals surface area contributed by atoms with E-state index in [-0.39, 0.29) is 16.6 Å². The van der Waals surface area contributed by atoms with Crippen molar-refractivity contribution in [2.24, 2.45) is 4.99 Å². The van der Waals surface area contributed by atoms with Gasteiger partial charge in [0.25, 0.3) is 0 Å². The summed E-state index contributed by atoms with van der Waals surface area (Å²) in [6.45, 7) is 1.33. The number of allylic oxidation sites excluding steroid dienone is 2.